The highest BCUT2D eigenvalue weighted by Gasteiger charge is 2.30. The minimum Gasteiger partial charge on any atom is -0.479 e. The van der Waals surface area contributed by atoms with Crippen molar-refractivity contribution in [2.45, 2.75) is 39.3 Å². The van der Waals surface area contributed by atoms with Crippen molar-refractivity contribution in [1.29, 1.82) is 0 Å². The maximum atomic E-state index is 10.7. The van der Waals surface area contributed by atoms with E-state index in [1.807, 2.05) is 20.8 Å². The zero-order valence-electron chi connectivity index (χ0n) is 10.5. The molecule has 0 rings (SSSR count). The smallest absolute Gasteiger partial charge is 0.336 e. The van der Waals surface area contributed by atoms with Crippen LogP contribution in [0.1, 0.15) is 27.7 Å². The third-order valence-electron chi connectivity index (χ3n) is 2.48. The fraction of sp³-hybridized carbons (Fsp3) is 0.909. The zero-order valence-corrected chi connectivity index (χ0v) is 10.5. The average Bonchev–Trinajstić information content (AvgIpc) is 2.16. The number of carboxylic acid groups (broad SMARTS) is 1. The van der Waals surface area contributed by atoms with Gasteiger partial charge in [0.1, 0.15) is 0 Å². The van der Waals surface area contributed by atoms with Gasteiger partial charge in [0.25, 0.3) is 0 Å². The van der Waals surface area contributed by atoms with Gasteiger partial charge < -0.3 is 20.3 Å². The van der Waals surface area contributed by atoms with Crippen molar-refractivity contribution in [2.24, 2.45) is 5.92 Å². The van der Waals surface area contributed by atoms with Gasteiger partial charge in [0.05, 0.1) is 6.61 Å². The van der Waals surface area contributed by atoms with Gasteiger partial charge in [-0.15, -0.1) is 0 Å². The predicted molar refractivity (Wildman–Crippen MR) is 61.4 cm³/mol. The molecule has 0 aliphatic rings. The molecule has 0 bridgehead atoms. The summed E-state index contributed by atoms with van der Waals surface area (Å²) in [6, 6.07) is 0.0470. The lowest BCUT2D eigenvalue weighted by molar-refractivity contribution is -0.156. The van der Waals surface area contributed by atoms with Crippen molar-refractivity contribution in [2.75, 3.05) is 19.8 Å². The summed E-state index contributed by atoms with van der Waals surface area (Å²) in [7, 11) is 0. The summed E-state index contributed by atoms with van der Waals surface area (Å²) in [5.41, 5.74) is -1.74. The highest BCUT2D eigenvalue weighted by Crippen LogP contribution is 2.06. The summed E-state index contributed by atoms with van der Waals surface area (Å²) in [5.74, 6) is -0.907. The van der Waals surface area contributed by atoms with E-state index in [1.165, 1.54) is 6.92 Å². The van der Waals surface area contributed by atoms with E-state index in [-0.39, 0.29) is 12.6 Å². The van der Waals surface area contributed by atoms with Crippen LogP contribution in [0.2, 0.25) is 0 Å². The van der Waals surface area contributed by atoms with Gasteiger partial charge in [0.2, 0.25) is 0 Å². The lowest BCUT2D eigenvalue weighted by Gasteiger charge is -2.26. The minimum absolute atomic E-state index is 0.0122. The Labute approximate surface area is 96.8 Å². The lowest BCUT2D eigenvalue weighted by atomic mass is 10.0. The summed E-state index contributed by atoms with van der Waals surface area (Å²) in [6.07, 6.45) is 0. The number of hydrogen-bond donors (Lipinski definition) is 3. The van der Waals surface area contributed by atoms with Crippen LogP contribution in [-0.2, 0) is 9.53 Å². The molecule has 0 saturated heterocycles. The SMILES string of the molecule is CCOCC(NCC(C)(O)C(=O)O)C(C)C. The first-order valence-corrected chi connectivity index (χ1v) is 5.58. The highest BCUT2D eigenvalue weighted by molar-refractivity contribution is 5.76. The average molecular weight is 233 g/mol. The number of hydrogen-bond acceptors (Lipinski definition) is 4. The Morgan fingerprint density at radius 1 is 1.50 bits per heavy atom. The number of carboxylic acids is 1. The fourth-order valence-corrected chi connectivity index (χ4v) is 1.14. The molecule has 0 saturated carbocycles. The molecular weight excluding hydrogens is 210 g/mol. The normalized spacial score (nSPS) is 17.1. The Balaban J connectivity index is 4.16. The number of nitrogens with one attached hydrogen (secondary N) is 1. The topological polar surface area (TPSA) is 78.8 Å². The van der Waals surface area contributed by atoms with E-state index in [1.54, 1.807) is 0 Å². The van der Waals surface area contributed by atoms with Crippen LogP contribution in [-0.4, -0.2) is 47.6 Å². The van der Waals surface area contributed by atoms with E-state index < -0.39 is 11.6 Å². The first kappa shape index (κ1) is 15.3. The van der Waals surface area contributed by atoms with Crippen LogP contribution in [0.25, 0.3) is 0 Å². The third kappa shape index (κ3) is 5.44. The number of aliphatic carboxylic acids is 1. The van der Waals surface area contributed by atoms with Crippen LogP contribution in [0.5, 0.6) is 0 Å². The van der Waals surface area contributed by atoms with Gasteiger partial charge in [-0.1, -0.05) is 13.8 Å². The molecular formula is C11H23NO4. The molecule has 3 N–H and O–H groups in total. The van der Waals surface area contributed by atoms with Crippen molar-refractivity contribution < 1.29 is 19.7 Å². The van der Waals surface area contributed by atoms with E-state index >= 15 is 0 Å². The summed E-state index contributed by atoms with van der Waals surface area (Å²) in [6.45, 7) is 8.38. The maximum absolute atomic E-state index is 10.7. The minimum atomic E-state index is -1.74. The summed E-state index contributed by atoms with van der Waals surface area (Å²) < 4.78 is 5.29. The molecule has 0 spiro atoms. The van der Waals surface area contributed by atoms with Gasteiger partial charge in [-0.05, 0) is 19.8 Å². The molecule has 0 aliphatic heterocycles. The van der Waals surface area contributed by atoms with Crippen LogP contribution in [0.15, 0.2) is 0 Å². The summed E-state index contributed by atoms with van der Waals surface area (Å²) in [5, 5.41) is 21.3. The van der Waals surface area contributed by atoms with E-state index in [0.29, 0.717) is 19.1 Å². The molecule has 2 atom stereocenters. The van der Waals surface area contributed by atoms with E-state index in [2.05, 4.69) is 5.32 Å². The molecule has 0 fully saturated rings. The molecule has 0 radical (unpaired) electrons. The Morgan fingerprint density at radius 3 is 2.44 bits per heavy atom. The molecule has 16 heavy (non-hydrogen) atoms. The third-order valence-corrected chi connectivity index (χ3v) is 2.48. The Morgan fingerprint density at radius 2 is 2.06 bits per heavy atom. The number of ether oxygens (including phenoxy) is 1. The van der Waals surface area contributed by atoms with Gasteiger partial charge >= 0.3 is 5.97 Å². The van der Waals surface area contributed by atoms with Crippen molar-refractivity contribution in [3.63, 3.8) is 0 Å². The highest BCUT2D eigenvalue weighted by atomic mass is 16.5. The Hall–Kier alpha value is -0.650. The van der Waals surface area contributed by atoms with Crippen LogP contribution in [0.4, 0.5) is 0 Å². The Kier molecular flexibility index (Phi) is 6.55. The lowest BCUT2D eigenvalue weighted by Crippen LogP contribution is -2.50. The molecule has 5 heteroatoms. The quantitative estimate of drug-likeness (QED) is 0.568. The number of aliphatic hydroxyl groups is 1. The second-order valence-electron chi connectivity index (χ2n) is 4.47. The summed E-state index contributed by atoms with van der Waals surface area (Å²) >= 11 is 0. The molecule has 96 valence electrons. The molecule has 0 aliphatic carbocycles. The predicted octanol–water partition coefficient (Wildman–Crippen LogP) is 0.473. The monoisotopic (exact) mass is 233 g/mol. The number of rotatable bonds is 8. The van der Waals surface area contributed by atoms with E-state index in [9.17, 15) is 9.90 Å². The van der Waals surface area contributed by atoms with Crippen molar-refractivity contribution >= 4 is 5.97 Å². The van der Waals surface area contributed by atoms with Crippen molar-refractivity contribution in [3.05, 3.63) is 0 Å². The van der Waals surface area contributed by atoms with Crippen LogP contribution in [0.3, 0.4) is 0 Å². The van der Waals surface area contributed by atoms with Gasteiger partial charge in [-0.3, -0.25) is 0 Å². The number of carbonyl (C=O) groups is 1. The van der Waals surface area contributed by atoms with Gasteiger partial charge in [-0.2, -0.15) is 0 Å². The fourth-order valence-electron chi connectivity index (χ4n) is 1.14. The van der Waals surface area contributed by atoms with Gasteiger partial charge in [0, 0.05) is 19.2 Å². The van der Waals surface area contributed by atoms with E-state index in [4.69, 9.17) is 9.84 Å². The first-order chi connectivity index (χ1) is 7.31. The van der Waals surface area contributed by atoms with Crippen molar-refractivity contribution in [1.82, 2.24) is 5.32 Å². The standard InChI is InChI=1S/C11H23NO4/c1-5-16-6-9(8(2)3)12-7-11(4,15)10(13)14/h8-9,12,15H,5-7H2,1-4H3,(H,13,14). The van der Waals surface area contributed by atoms with Crippen molar-refractivity contribution in [3.8, 4) is 0 Å². The van der Waals surface area contributed by atoms with Gasteiger partial charge in [0.15, 0.2) is 5.60 Å². The molecule has 0 heterocycles. The molecule has 0 aromatic heterocycles. The maximum Gasteiger partial charge on any atom is 0.336 e. The van der Waals surface area contributed by atoms with Crippen LogP contribution in [0, 0.1) is 5.92 Å². The molecule has 0 aromatic carbocycles. The Bertz CT molecular complexity index is 216. The van der Waals surface area contributed by atoms with Crippen LogP contribution < -0.4 is 5.32 Å². The molecule has 0 amide bonds. The molecule has 2 unspecified atom stereocenters. The van der Waals surface area contributed by atoms with Crippen LogP contribution >= 0.6 is 0 Å². The second-order valence-corrected chi connectivity index (χ2v) is 4.47. The molecule has 5 nitrogen and oxygen atoms in total. The van der Waals surface area contributed by atoms with E-state index in [0.717, 1.165) is 0 Å². The molecule has 0 aromatic rings. The van der Waals surface area contributed by atoms with Gasteiger partial charge in [-0.25, -0.2) is 4.79 Å². The largest absolute Gasteiger partial charge is 0.479 e. The second kappa shape index (κ2) is 6.83. The first-order valence-electron chi connectivity index (χ1n) is 5.58. The zero-order chi connectivity index (χ0) is 12.8. The summed E-state index contributed by atoms with van der Waals surface area (Å²) in [4.78, 5) is 10.7.